The molecule has 0 saturated heterocycles. The summed E-state index contributed by atoms with van der Waals surface area (Å²) >= 11 is 0. The summed E-state index contributed by atoms with van der Waals surface area (Å²) in [6.45, 7) is 2.89. The number of hydrogen-bond acceptors (Lipinski definition) is 2. The van der Waals surface area contributed by atoms with Crippen LogP contribution in [0.3, 0.4) is 0 Å². The van der Waals surface area contributed by atoms with Gasteiger partial charge in [-0.2, -0.15) is 0 Å². The lowest BCUT2D eigenvalue weighted by Crippen LogP contribution is -2.43. The summed E-state index contributed by atoms with van der Waals surface area (Å²) in [5.41, 5.74) is 1.67. The molecule has 0 atom stereocenters. The van der Waals surface area contributed by atoms with Crippen molar-refractivity contribution in [3.8, 4) is 0 Å². The Balaban J connectivity index is 1.68. The fourth-order valence-electron chi connectivity index (χ4n) is 2.53. The average Bonchev–Trinajstić information content (AvgIpc) is 2.36. The minimum absolute atomic E-state index is 0.412. The molecule has 1 aliphatic carbocycles. The third kappa shape index (κ3) is 3.69. The van der Waals surface area contributed by atoms with Gasteiger partial charge < -0.3 is 10.1 Å². The second-order valence-corrected chi connectivity index (χ2v) is 5.23. The maximum Gasteiger partial charge on any atom is 0.0530 e. The molecule has 0 radical (unpaired) electrons. The van der Waals surface area contributed by atoms with E-state index in [0.717, 1.165) is 19.7 Å². The van der Waals surface area contributed by atoms with Crippen molar-refractivity contribution in [2.75, 3.05) is 26.8 Å². The number of rotatable bonds is 7. The SMILES string of the molecule is COCC1(CNC/C=C/c2ccccc2)CCC1. The molecule has 2 nitrogen and oxygen atoms in total. The van der Waals surface area contributed by atoms with E-state index in [9.17, 15) is 0 Å². The van der Waals surface area contributed by atoms with Gasteiger partial charge in [0.1, 0.15) is 0 Å². The molecule has 0 spiro atoms. The second kappa shape index (κ2) is 6.72. The zero-order valence-corrected chi connectivity index (χ0v) is 11.2. The van der Waals surface area contributed by atoms with Crippen LogP contribution in [-0.4, -0.2) is 26.8 Å². The average molecular weight is 245 g/mol. The van der Waals surface area contributed by atoms with E-state index in [1.165, 1.54) is 24.8 Å². The third-order valence-corrected chi connectivity index (χ3v) is 3.74. The molecule has 0 unspecified atom stereocenters. The quantitative estimate of drug-likeness (QED) is 0.745. The maximum atomic E-state index is 5.32. The van der Waals surface area contributed by atoms with Crippen molar-refractivity contribution >= 4 is 6.08 Å². The van der Waals surface area contributed by atoms with E-state index < -0.39 is 0 Å². The van der Waals surface area contributed by atoms with Crippen LogP contribution >= 0.6 is 0 Å². The van der Waals surface area contributed by atoms with Crippen molar-refractivity contribution in [3.05, 3.63) is 42.0 Å². The van der Waals surface area contributed by atoms with Crippen LogP contribution < -0.4 is 5.32 Å². The van der Waals surface area contributed by atoms with Crippen LogP contribution in [-0.2, 0) is 4.74 Å². The second-order valence-electron chi connectivity index (χ2n) is 5.23. The minimum Gasteiger partial charge on any atom is -0.384 e. The van der Waals surface area contributed by atoms with Crippen LogP contribution in [0.1, 0.15) is 24.8 Å². The molecule has 18 heavy (non-hydrogen) atoms. The van der Waals surface area contributed by atoms with Gasteiger partial charge in [0.05, 0.1) is 6.61 Å². The molecule has 0 heterocycles. The largest absolute Gasteiger partial charge is 0.384 e. The molecule has 0 bridgehead atoms. The zero-order chi connectivity index (χ0) is 12.7. The predicted octanol–water partition coefficient (Wildman–Crippen LogP) is 3.11. The number of ether oxygens (including phenoxy) is 1. The van der Waals surface area contributed by atoms with Gasteiger partial charge in [-0.3, -0.25) is 0 Å². The lowest BCUT2D eigenvalue weighted by atomic mass is 9.69. The maximum absolute atomic E-state index is 5.32. The highest BCUT2D eigenvalue weighted by atomic mass is 16.5. The highest BCUT2D eigenvalue weighted by Crippen LogP contribution is 2.40. The van der Waals surface area contributed by atoms with E-state index in [1.807, 2.05) is 6.07 Å². The van der Waals surface area contributed by atoms with E-state index in [0.29, 0.717) is 5.41 Å². The summed E-state index contributed by atoms with van der Waals surface area (Å²) in [6, 6.07) is 10.4. The monoisotopic (exact) mass is 245 g/mol. The first-order valence-electron chi connectivity index (χ1n) is 6.76. The number of hydrogen-bond donors (Lipinski definition) is 1. The topological polar surface area (TPSA) is 21.3 Å². The smallest absolute Gasteiger partial charge is 0.0530 e. The molecule has 1 aromatic rings. The van der Waals surface area contributed by atoms with Crippen LogP contribution in [0, 0.1) is 5.41 Å². The van der Waals surface area contributed by atoms with Gasteiger partial charge in [-0.05, 0) is 18.4 Å². The van der Waals surface area contributed by atoms with Crippen LogP contribution in [0.4, 0.5) is 0 Å². The van der Waals surface area contributed by atoms with Crippen LogP contribution in [0.15, 0.2) is 36.4 Å². The minimum atomic E-state index is 0.412. The Bertz CT molecular complexity index is 368. The van der Waals surface area contributed by atoms with Crippen LogP contribution in [0.2, 0.25) is 0 Å². The number of nitrogens with one attached hydrogen (secondary N) is 1. The van der Waals surface area contributed by atoms with E-state index >= 15 is 0 Å². The molecule has 1 aromatic carbocycles. The highest BCUT2D eigenvalue weighted by molar-refractivity contribution is 5.48. The Hall–Kier alpha value is -1.12. The fraction of sp³-hybridized carbons (Fsp3) is 0.500. The lowest BCUT2D eigenvalue weighted by Gasteiger charge is -2.41. The summed E-state index contributed by atoms with van der Waals surface area (Å²) in [6.07, 6.45) is 8.31. The Morgan fingerprint density at radius 2 is 2.06 bits per heavy atom. The first kappa shape index (κ1) is 13.3. The molecule has 1 aliphatic rings. The first-order chi connectivity index (χ1) is 8.85. The molecular weight excluding hydrogens is 222 g/mol. The van der Waals surface area contributed by atoms with Gasteiger partial charge in [-0.25, -0.2) is 0 Å². The van der Waals surface area contributed by atoms with Crippen molar-refractivity contribution in [1.29, 1.82) is 0 Å². The van der Waals surface area contributed by atoms with Crippen LogP contribution in [0.5, 0.6) is 0 Å². The van der Waals surface area contributed by atoms with Crippen molar-refractivity contribution in [3.63, 3.8) is 0 Å². The molecule has 0 aliphatic heterocycles. The van der Waals surface area contributed by atoms with Crippen molar-refractivity contribution in [1.82, 2.24) is 5.32 Å². The van der Waals surface area contributed by atoms with Crippen molar-refractivity contribution < 1.29 is 4.74 Å². The third-order valence-electron chi connectivity index (χ3n) is 3.74. The Morgan fingerprint density at radius 1 is 1.28 bits per heavy atom. The van der Waals surface area contributed by atoms with Gasteiger partial charge in [-0.1, -0.05) is 48.9 Å². The summed E-state index contributed by atoms with van der Waals surface area (Å²) in [5, 5.41) is 3.52. The van der Waals surface area contributed by atoms with E-state index in [1.54, 1.807) is 7.11 Å². The summed E-state index contributed by atoms with van der Waals surface area (Å²) in [4.78, 5) is 0. The van der Waals surface area contributed by atoms with Gasteiger partial charge in [0.25, 0.3) is 0 Å². The summed E-state index contributed by atoms with van der Waals surface area (Å²) in [5.74, 6) is 0. The highest BCUT2D eigenvalue weighted by Gasteiger charge is 2.36. The summed E-state index contributed by atoms with van der Waals surface area (Å²) < 4.78 is 5.32. The first-order valence-corrected chi connectivity index (χ1v) is 6.76. The molecule has 1 N–H and O–H groups in total. The Kier molecular flexibility index (Phi) is 4.97. The van der Waals surface area contributed by atoms with E-state index in [4.69, 9.17) is 4.74 Å². The molecule has 2 rings (SSSR count). The van der Waals surface area contributed by atoms with Gasteiger partial charge >= 0.3 is 0 Å². The van der Waals surface area contributed by atoms with Crippen LogP contribution in [0.25, 0.3) is 6.08 Å². The van der Waals surface area contributed by atoms with Crippen molar-refractivity contribution in [2.45, 2.75) is 19.3 Å². The molecule has 0 amide bonds. The normalized spacial score (nSPS) is 17.8. The zero-order valence-electron chi connectivity index (χ0n) is 11.2. The molecule has 0 aromatic heterocycles. The van der Waals surface area contributed by atoms with Gasteiger partial charge in [0.2, 0.25) is 0 Å². The Morgan fingerprint density at radius 3 is 2.67 bits per heavy atom. The summed E-state index contributed by atoms with van der Waals surface area (Å²) in [7, 11) is 1.80. The fourth-order valence-corrected chi connectivity index (χ4v) is 2.53. The standard InChI is InChI=1S/C16H23NO/c1-18-14-16(10-6-11-16)13-17-12-5-9-15-7-3-2-4-8-15/h2-5,7-9,17H,6,10-14H2,1H3/b9-5+. The van der Waals surface area contributed by atoms with Crippen molar-refractivity contribution in [2.24, 2.45) is 5.41 Å². The van der Waals surface area contributed by atoms with Gasteiger partial charge in [0.15, 0.2) is 0 Å². The lowest BCUT2D eigenvalue weighted by molar-refractivity contribution is 0.0187. The number of benzene rings is 1. The van der Waals surface area contributed by atoms with Gasteiger partial charge in [0, 0.05) is 25.6 Å². The predicted molar refractivity (Wildman–Crippen MR) is 76.5 cm³/mol. The molecule has 98 valence electrons. The van der Waals surface area contributed by atoms with Gasteiger partial charge in [-0.15, -0.1) is 0 Å². The number of methoxy groups -OCH3 is 1. The molecular formula is C16H23NO. The molecule has 1 saturated carbocycles. The molecule has 2 heteroatoms. The Labute approximate surface area is 110 Å². The van der Waals surface area contributed by atoms with E-state index in [-0.39, 0.29) is 0 Å². The molecule has 1 fully saturated rings. The van der Waals surface area contributed by atoms with E-state index in [2.05, 4.69) is 41.7 Å².